The first kappa shape index (κ1) is 17.7. The maximum Gasteiger partial charge on any atom is 0.226 e. The predicted octanol–water partition coefficient (Wildman–Crippen LogP) is 4.07. The first-order valence-corrected chi connectivity index (χ1v) is 9.41. The van der Waals surface area contributed by atoms with Crippen molar-refractivity contribution in [2.45, 2.75) is 38.8 Å². The summed E-state index contributed by atoms with van der Waals surface area (Å²) in [5.41, 5.74) is 4.10. The Morgan fingerprint density at radius 1 is 1.15 bits per heavy atom. The number of oxime groups is 1. The molecule has 5 heteroatoms. The molecule has 2 aromatic rings. The number of amides is 1. The van der Waals surface area contributed by atoms with E-state index in [9.17, 15) is 9.18 Å². The molecule has 4 nitrogen and oxygen atoms in total. The Balaban J connectivity index is 1.42. The smallest absolute Gasteiger partial charge is 0.226 e. The second-order valence-corrected chi connectivity index (χ2v) is 7.46. The molecule has 0 bridgehead atoms. The molecule has 1 unspecified atom stereocenters. The number of aryl methyl sites for hydroxylation is 1. The van der Waals surface area contributed by atoms with E-state index in [-0.39, 0.29) is 23.7 Å². The Morgan fingerprint density at radius 2 is 1.85 bits per heavy atom. The van der Waals surface area contributed by atoms with Gasteiger partial charge in [0.15, 0.2) is 6.10 Å². The van der Waals surface area contributed by atoms with E-state index in [1.54, 1.807) is 12.1 Å². The summed E-state index contributed by atoms with van der Waals surface area (Å²) in [7, 11) is 0. The normalized spacial score (nSPS) is 18.7. The summed E-state index contributed by atoms with van der Waals surface area (Å²) >= 11 is 0. The number of nitrogens with zero attached hydrogens (tertiary/aromatic N) is 2. The number of rotatable bonds is 6. The molecule has 1 atom stereocenters. The number of carbonyl (C=O) groups is 1. The fourth-order valence-corrected chi connectivity index (χ4v) is 3.32. The minimum atomic E-state index is -0.269. The van der Waals surface area contributed by atoms with Crippen LogP contribution < -0.4 is 0 Å². The van der Waals surface area contributed by atoms with E-state index in [2.05, 4.69) is 24.2 Å². The third-order valence-electron chi connectivity index (χ3n) is 5.07. The van der Waals surface area contributed by atoms with E-state index in [0.717, 1.165) is 29.7 Å². The van der Waals surface area contributed by atoms with E-state index in [1.165, 1.54) is 17.7 Å². The first-order valence-electron chi connectivity index (χ1n) is 9.41. The fourth-order valence-electron chi connectivity index (χ4n) is 3.32. The average molecular weight is 366 g/mol. The number of hydrogen-bond acceptors (Lipinski definition) is 3. The Hall–Kier alpha value is -2.69. The Morgan fingerprint density at radius 3 is 2.52 bits per heavy atom. The SMILES string of the molecule is Cc1ccc(C2=NOC(CN(Cc3ccc(F)cc3)C(=O)C3CC3)C2)cc1. The molecule has 1 fully saturated rings. The Labute approximate surface area is 158 Å². The van der Waals surface area contributed by atoms with Crippen LogP contribution in [0.3, 0.4) is 0 Å². The molecule has 0 aromatic heterocycles. The summed E-state index contributed by atoms with van der Waals surface area (Å²) in [6.45, 7) is 3.01. The van der Waals surface area contributed by atoms with Crippen LogP contribution in [0.15, 0.2) is 53.7 Å². The van der Waals surface area contributed by atoms with E-state index in [4.69, 9.17) is 4.84 Å². The van der Waals surface area contributed by atoms with Gasteiger partial charge >= 0.3 is 0 Å². The summed E-state index contributed by atoms with van der Waals surface area (Å²) in [4.78, 5) is 20.2. The van der Waals surface area contributed by atoms with Crippen LogP contribution in [0.25, 0.3) is 0 Å². The van der Waals surface area contributed by atoms with Gasteiger partial charge in [0.05, 0.1) is 12.3 Å². The van der Waals surface area contributed by atoms with Crippen molar-refractivity contribution in [3.8, 4) is 0 Å². The molecule has 0 spiro atoms. The van der Waals surface area contributed by atoms with Crippen LogP contribution in [0, 0.1) is 18.7 Å². The first-order chi connectivity index (χ1) is 13.1. The van der Waals surface area contributed by atoms with Crippen LogP contribution >= 0.6 is 0 Å². The fraction of sp³-hybridized carbons (Fsp3) is 0.364. The van der Waals surface area contributed by atoms with E-state index in [1.807, 2.05) is 17.0 Å². The van der Waals surface area contributed by atoms with E-state index >= 15 is 0 Å². The lowest BCUT2D eigenvalue weighted by Gasteiger charge is -2.25. The summed E-state index contributed by atoms with van der Waals surface area (Å²) in [6, 6.07) is 14.5. The average Bonchev–Trinajstić information content (AvgIpc) is 3.42. The highest BCUT2D eigenvalue weighted by molar-refractivity contribution is 6.01. The highest BCUT2D eigenvalue weighted by Gasteiger charge is 2.35. The summed E-state index contributed by atoms with van der Waals surface area (Å²) in [6.07, 6.45) is 2.44. The monoisotopic (exact) mass is 366 g/mol. The number of halogens is 1. The number of benzene rings is 2. The molecule has 4 rings (SSSR count). The molecular formula is C22H23FN2O2. The topological polar surface area (TPSA) is 41.9 Å². The summed E-state index contributed by atoms with van der Waals surface area (Å²) in [5.74, 6) is 0.0186. The van der Waals surface area contributed by atoms with Gasteiger partial charge in [-0.3, -0.25) is 4.79 Å². The lowest BCUT2D eigenvalue weighted by Crippen LogP contribution is -2.38. The summed E-state index contributed by atoms with van der Waals surface area (Å²) in [5, 5.41) is 4.24. The van der Waals surface area contributed by atoms with Crippen molar-refractivity contribution in [3.63, 3.8) is 0 Å². The minimum Gasteiger partial charge on any atom is -0.390 e. The van der Waals surface area contributed by atoms with Crippen molar-refractivity contribution in [2.24, 2.45) is 11.1 Å². The molecule has 2 aromatic carbocycles. The minimum absolute atomic E-state index is 0.129. The van der Waals surface area contributed by atoms with Gasteiger partial charge in [-0.1, -0.05) is 47.1 Å². The quantitative estimate of drug-likeness (QED) is 0.773. The molecule has 0 radical (unpaired) electrons. The van der Waals surface area contributed by atoms with Crippen molar-refractivity contribution in [1.82, 2.24) is 4.90 Å². The zero-order chi connectivity index (χ0) is 18.8. The van der Waals surface area contributed by atoms with Crippen LogP contribution in [-0.4, -0.2) is 29.2 Å². The molecular weight excluding hydrogens is 343 g/mol. The molecule has 1 heterocycles. The largest absolute Gasteiger partial charge is 0.390 e. The second kappa shape index (κ2) is 7.51. The zero-order valence-corrected chi connectivity index (χ0v) is 15.4. The van der Waals surface area contributed by atoms with Gasteiger partial charge in [-0.2, -0.15) is 0 Å². The van der Waals surface area contributed by atoms with Crippen LogP contribution in [0.5, 0.6) is 0 Å². The van der Waals surface area contributed by atoms with Crippen LogP contribution in [0.1, 0.15) is 36.0 Å². The molecule has 27 heavy (non-hydrogen) atoms. The van der Waals surface area contributed by atoms with Crippen LogP contribution in [0.4, 0.5) is 4.39 Å². The third-order valence-corrected chi connectivity index (χ3v) is 5.07. The molecule has 0 N–H and O–H groups in total. The van der Waals surface area contributed by atoms with Gasteiger partial charge in [-0.25, -0.2) is 4.39 Å². The van der Waals surface area contributed by atoms with Crippen molar-refractivity contribution >= 4 is 11.6 Å². The highest BCUT2D eigenvalue weighted by Crippen LogP contribution is 2.32. The Kier molecular flexibility index (Phi) is 4.92. The van der Waals surface area contributed by atoms with Gasteiger partial charge in [0, 0.05) is 18.9 Å². The van der Waals surface area contributed by atoms with Gasteiger partial charge in [-0.05, 0) is 43.0 Å². The van der Waals surface area contributed by atoms with Crippen molar-refractivity contribution in [1.29, 1.82) is 0 Å². The molecule has 0 saturated heterocycles. The van der Waals surface area contributed by atoms with Gasteiger partial charge in [-0.15, -0.1) is 0 Å². The van der Waals surface area contributed by atoms with Gasteiger partial charge < -0.3 is 9.74 Å². The lowest BCUT2D eigenvalue weighted by molar-refractivity contribution is -0.135. The molecule has 140 valence electrons. The third kappa shape index (κ3) is 4.35. The second-order valence-electron chi connectivity index (χ2n) is 7.46. The maximum atomic E-state index is 13.2. The van der Waals surface area contributed by atoms with Gasteiger partial charge in [0.2, 0.25) is 5.91 Å². The highest BCUT2D eigenvalue weighted by atomic mass is 19.1. The van der Waals surface area contributed by atoms with Crippen molar-refractivity contribution in [3.05, 3.63) is 71.0 Å². The van der Waals surface area contributed by atoms with E-state index in [0.29, 0.717) is 19.5 Å². The van der Waals surface area contributed by atoms with Gasteiger partial charge in [0.1, 0.15) is 5.82 Å². The predicted molar refractivity (Wildman–Crippen MR) is 102 cm³/mol. The molecule has 1 amide bonds. The zero-order valence-electron chi connectivity index (χ0n) is 15.4. The number of carbonyl (C=O) groups excluding carboxylic acids is 1. The van der Waals surface area contributed by atoms with Crippen molar-refractivity contribution < 1.29 is 14.0 Å². The standard InChI is InChI=1S/C22H23FN2O2/c1-15-2-6-17(7-3-15)21-12-20(27-24-21)14-25(22(26)18-8-9-18)13-16-4-10-19(23)11-5-16/h2-7,10-11,18,20H,8-9,12-14H2,1H3. The summed E-state index contributed by atoms with van der Waals surface area (Å²) < 4.78 is 13.2. The van der Waals surface area contributed by atoms with Crippen LogP contribution in [0.2, 0.25) is 0 Å². The van der Waals surface area contributed by atoms with E-state index < -0.39 is 0 Å². The Bertz CT molecular complexity index is 842. The number of hydrogen-bond donors (Lipinski definition) is 0. The molecule has 1 aliphatic heterocycles. The maximum absolute atomic E-state index is 13.2. The van der Waals surface area contributed by atoms with Gasteiger partial charge in [0.25, 0.3) is 0 Å². The lowest BCUT2D eigenvalue weighted by atomic mass is 10.0. The molecule has 2 aliphatic rings. The van der Waals surface area contributed by atoms with Crippen molar-refractivity contribution in [2.75, 3.05) is 6.54 Å². The molecule has 1 aliphatic carbocycles. The molecule has 1 saturated carbocycles. The van der Waals surface area contributed by atoms with Crippen LogP contribution in [-0.2, 0) is 16.2 Å².